The topological polar surface area (TPSA) is 71.1 Å². The summed E-state index contributed by atoms with van der Waals surface area (Å²) in [6.07, 6.45) is 1.42. The Bertz CT molecular complexity index is 1370. The summed E-state index contributed by atoms with van der Waals surface area (Å²) in [7, 11) is -2.24. The van der Waals surface area contributed by atoms with Crippen molar-refractivity contribution in [1.29, 1.82) is 0 Å². The van der Waals surface area contributed by atoms with Crippen LogP contribution in [0.15, 0.2) is 83.8 Å². The molecule has 1 aliphatic rings. The Morgan fingerprint density at radius 1 is 0.872 bits per heavy atom. The SMILES string of the molecule is CC[C@H]1OC(=O)[C@H](C)[C@@H](OCc2ccccc2)CC(=O)[C@](C)(O[Si](CC)(CC)CC)C[C@@H](C)[C@H](OCc2ccccc2)C=C=C=C1C. The smallest absolute Gasteiger partial charge is 0.311 e. The third-order valence-electron chi connectivity index (χ3n) is 9.77. The minimum absolute atomic E-state index is 0.0309. The number of ether oxygens (including phenoxy) is 3. The van der Waals surface area contributed by atoms with Gasteiger partial charge in [0, 0.05) is 12.0 Å². The van der Waals surface area contributed by atoms with Gasteiger partial charge in [0.2, 0.25) is 0 Å². The van der Waals surface area contributed by atoms with E-state index in [1.807, 2.05) is 87.5 Å². The minimum atomic E-state index is -2.24. The van der Waals surface area contributed by atoms with Gasteiger partial charge in [0.25, 0.3) is 0 Å². The molecule has 0 aliphatic carbocycles. The highest BCUT2D eigenvalue weighted by atomic mass is 28.4. The number of carbonyl (C=O) groups excluding carboxylic acids is 2. The molecule has 256 valence electrons. The first-order valence-electron chi connectivity index (χ1n) is 17.4. The van der Waals surface area contributed by atoms with Crippen LogP contribution in [-0.4, -0.2) is 44.0 Å². The molecular weight excluding hydrogens is 605 g/mol. The molecule has 0 saturated heterocycles. The van der Waals surface area contributed by atoms with Crippen LogP contribution in [0, 0.1) is 11.8 Å². The molecule has 0 radical (unpaired) electrons. The normalized spacial score (nSPS) is 26.3. The number of benzene rings is 2. The second kappa shape index (κ2) is 18.5. The molecule has 6 atom stereocenters. The van der Waals surface area contributed by atoms with Crippen molar-refractivity contribution in [3.63, 3.8) is 0 Å². The zero-order chi connectivity index (χ0) is 34.5. The van der Waals surface area contributed by atoms with E-state index in [0.29, 0.717) is 19.4 Å². The molecule has 0 amide bonds. The van der Waals surface area contributed by atoms with Crippen LogP contribution in [0.2, 0.25) is 18.1 Å². The van der Waals surface area contributed by atoms with Crippen molar-refractivity contribution in [2.24, 2.45) is 11.8 Å². The maximum atomic E-state index is 14.7. The lowest BCUT2D eigenvalue weighted by atomic mass is 9.83. The Balaban J connectivity index is 2.10. The molecule has 0 unspecified atom stereocenters. The average Bonchev–Trinajstić information content (AvgIpc) is 3.09. The monoisotopic (exact) mass is 660 g/mol. The second-order valence-corrected chi connectivity index (χ2v) is 17.9. The summed E-state index contributed by atoms with van der Waals surface area (Å²) >= 11 is 0. The summed E-state index contributed by atoms with van der Waals surface area (Å²) in [4.78, 5) is 28.3. The molecule has 1 heterocycles. The van der Waals surface area contributed by atoms with Crippen LogP contribution in [0.25, 0.3) is 0 Å². The van der Waals surface area contributed by atoms with E-state index in [1.54, 1.807) is 6.92 Å². The molecule has 1 aliphatic heterocycles. The van der Waals surface area contributed by atoms with E-state index in [1.165, 1.54) is 0 Å². The van der Waals surface area contributed by atoms with E-state index in [-0.39, 0.29) is 30.8 Å². The number of hydrogen-bond donors (Lipinski definition) is 0. The van der Waals surface area contributed by atoms with Gasteiger partial charge < -0.3 is 18.6 Å². The molecule has 47 heavy (non-hydrogen) atoms. The molecule has 0 spiro atoms. The molecule has 0 bridgehead atoms. The Morgan fingerprint density at radius 2 is 1.43 bits per heavy atom. The fourth-order valence-electron chi connectivity index (χ4n) is 6.28. The van der Waals surface area contributed by atoms with Gasteiger partial charge in [-0.2, -0.15) is 0 Å². The number of Topliss-reactive ketones (excluding diaryl/α,β-unsaturated/α-hetero) is 1. The van der Waals surface area contributed by atoms with E-state index in [2.05, 4.69) is 39.2 Å². The van der Waals surface area contributed by atoms with Gasteiger partial charge in [-0.25, -0.2) is 0 Å². The Kier molecular flexibility index (Phi) is 15.1. The molecular formula is C40H56O6Si. The lowest BCUT2D eigenvalue weighted by molar-refractivity contribution is -0.159. The zero-order valence-corrected chi connectivity index (χ0v) is 30.8. The van der Waals surface area contributed by atoms with E-state index >= 15 is 0 Å². The summed E-state index contributed by atoms with van der Waals surface area (Å²) < 4.78 is 26.1. The molecule has 6 nitrogen and oxygen atoms in total. The molecule has 0 fully saturated rings. The van der Waals surface area contributed by atoms with Crippen LogP contribution in [-0.2, 0) is 41.4 Å². The molecule has 3 rings (SSSR count). The van der Waals surface area contributed by atoms with Crippen LogP contribution >= 0.6 is 0 Å². The van der Waals surface area contributed by atoms with Crippen LogP contribution in [0.3, 0.4) is 0 Å². The van der Waals surface area contributed by atoms with Crippen molar-refractivity contribution in [3.8, 4) is 0 Å². The Labute approximate surface area is 284 Å². The van der Waals surface area contributed by atoms with Gasteiger partial charge in [-0.05, 0) is 74.9 Å². The summed E-state index contributed by atoms with van der Waals surface area (Å²) in [5.74, 6) is -1.23. The van der Waals surface area contributed by atoms with Gasteiger partial charge >= 0.3 is 5.97 Å². The van der Waals surface area contributed by atoms with Crippen molar-refractivity contribution >= 4 is 20.1 Å². The molecule has 0 saturated carbocycles. The standard InChI is InChI=1S/C40H56O6Si/c1-9-35-30(5)20-19-25-36(43-28-33-21-15-13-16-22-33)31(6)27-40(8,46-47(10-2,11-3)12-4)38(41)26-37(32(7)39(42)45-35)44-29-34-23-17-14-18-24-34/h13-18,21-25,31-32,35-37H,9-12,26-29H2,1-8H3/t31-,32-,35-,36-,37+,40-/m1/s1. The summed E-state index contributed by atoms with van der Waals surface area (Å²) in [6, 6.07) is 22.6. The Hall–Kier alpha value is -3.02. The third kappa shape index (κ3) is 11.0. The van der Waals surface area contributed by atoms with Crippen molar-refractivity contribution in [2.45, 2.75) is 130 Å². The molecule has 2 aromatic rings. The van der Waals surface area contributed by atoms with Gasteiger partial charge in [0.05, 0.1) is 31.3 Å². The fourth-order valence-corrected chi connectivity index (χ4v) is 9.37. The number of carbonyl (C=O) groups is 2. The molecule has 0 N–H and O–H groups in total. The maximum absolute atomic E-state index is 14.7. The number of cyclic esters (lactones) is 1. The van der Waals surface area contributed by atoms with Crippen LogP contribution in [0.1, 0.15) is 85.8 Å². The van der Waals surface area contributed by atoms with Gasteiger partial charge in [-0.3, -0.25) is 9.59 Å². The Morgan fingerprint density at radius 3 is 1.96 bits per heavy atom. The number of esters is 1. The third-order valence-corrected chi connectivity index (χ3v) is 14.5. The van der Waals surface area contributed by atoms with E-state index < -0.39 is 38.0 Å². The highest BCUT2D eigenvalue weighted by molar-refractivity contribution is 6.73. The van der Waals surface area contributed by atoms with Crippen molar-refractivity contribution in [1.82, 2.24) is 0 Å². The van der Waals surface area contributed by atoms with Gasteiger partial charge in [0.15, 0.2) is 14.1 Å². The van der Waals surface area contributed by atoms with Gasteiger partial charge in [0.1, 0.15) is 11.7 Å². The zero-order valence-electron chi connectivity index (χ0n) is 29.8. The highest BCUT2D eigenvalue weighted by Gasteiger charge is 2.45. The van der Waals surface area contributed by atoms with Crippen molar-refractivity contribution < 1.29 is 28.2 Å². The molecule has 7 heteroatoms. The summed E-state index contributed by atoms with van der Waals surface area (Å²) in [5, 5.41) is 0. The largest absolute Gasteiger partial charge is 0.457 e. The van der Waals surface area contributed by atoms with E-state index in [9.17, 15) is 9.59 Å². The predicted molar refractivity (Wildman–Crippen MR) is 190 cm³/mol. The van der Waals surface area contributed by atoms with Crippen LogP contribution in [0.5, 0.6) is 0 Å². The van der Waals surface area contributed by atoms with Crippen molar-refractivity contribution in [3.05, 3.63) is 94.9 Å². The van der Waals surface area contributed by atoms with Crippen LogP contribution < -0.4 is 0 Å². The predicted octanol–water partition coefficient (Wildman–Crippen LogP) is 9.15. The number of rotatable bonds is 12. The molecule has 2 aromatic carbocycles. The summed E-state index contributed by atoms with van der Waals surface area (Å²) in [6.45, 7) is 16.9. The second-order valence-electron chi connectivity index (χ2n) is 13.2. The first-order chi connectivity index (χ1) is 22.5. The minimum Gasteiger partial charge on any atom is -0.457 e. The lowest BCUT2D eigenvalue weighted by Crippen LogP contribution is -2.52. The van der Waals surface area contributed by atoms with Crippen molar-refractivity contribution in [2.75, 3.05) is 0 Å². The lowest BCUT2D eigenvalue weighted by Gasteiger charge is -2.42. The van der Waals surface area contributed by atoms with E-state index in [0.717, 1.165) is 34.8 Å². The number of hydrogen-bond acceptors (Lipinski definition) is 6. The quantitative estimate of drug-likeness (QED) is 0.128. The average molecular weight is 661 g/mol. The molecule has 0 aromatic heterocycles. The first kappa shape index (κ1) is 38.4. The highest BCUT2D eigenvalue weighted by Crippen LogP contribution is 2.36. The fraction of sp³-hybridized carbons (Fsp3) is 0.550. The number of ketones is 1. The first-order valence-corrected chi connectivity index (χ1v) is 20.0. The van der Waals surface area contributed by atoms with E-state index in [4.69, 9.17) is 18.6 Å². The van der Waals surface area contributed by atoms with Crippen LogP contribution in [0.4, 0.5) is 0 Å². The maximum Gasteiger partial charge on any atom is 0.311 e. The van der Waals surface area contributed by atoms with Gasteiger partial charge in [-0.1, -0.05) is 107 Å². The van der Waals surface area contributed by atoms with Gasteiger partial charge in [-0.15, -0.1) is 0 Å². The summed E-state index contributed by atoms with van der Waals surface area (Å²) in [5.41, 5.74) is 8.13.